The molecule has 128 valence electrons. The van der Waals surface area contributed by atoms with Crippen LogP contribution < -0.4 is 10.6 Å². The molecular weight excluding hydrogens is 311 g/mol. The van der Waals surface area contributed by atoms with Gasteiger partial charge in [0.2, 0.25) is 11.9 Å². The number of piperazine rings is 1. The first kappa shape index (κ1) is 17.5. The van der Waals surface area contributed by atoms with Gasteiger partial charge in [-0.05, 0) is 19.4 Å². The number of hydrogen-bond acceptors (Lipinski definition) is 5. The first-order valence-electron chi connectivity index (χ1n) is 7.54. The summed E-state index contributed by atoms with van der Waals surface area (Å²) in [7, 11) is 0. The number of nitrogens with zero attached hydrogens (tertiary/aromatic N) is 4. The van der Waals surface area contributed by atoms with Gasteiger partial charge in [0, 0.05) is 45.0 Å². The van der Waals surface area contributed by atoms with Gasteiger partial charge >= 0.3 is 6.18 Å². The summed E-state index contributed by atoms with van der Waals surface area (Å²) in [5, 5.41) is 0. The van der Waals surface area contributed by atoms with Crippen molar-refractivity contribution in [2.24, 2.45) is 5.73 Å². The van der Waals surface area contributed by atoms with Gasteiger partial charge in [0.15, 0.2) is 0 Å². The van der Waals surface area contributed by atoms with Crippen LogP contribution in [-0.4, -0.2) is 53.5 Å². The zero-order chi connectivity index (χ0) is 16.9. The first-order valence-corrected chi connectivity index (χ1v) is 7.54. The second-order valence-electron chi connectivity index (χ2n) is 5.38. The van der Waals surface area contributed by atoms with Gasteiger partial charge in [-0.25, -0.2) is 9.97 Å². The molecule has 2 N–H and O–H groups in total. The SMILES string of the molecule is NCCCCC(=O)N1CCN(c2ncc(C(F)(F)F)cn2)CC1. The quantitative estimate of drug-likeness (QED) is 0.823. The molecule has 0 radical (unpaired) electrons. The van der Waals surface area contributed by atoms with Gasteiger partial charge < -0.3 is 15.5 Å². The number of hydrogen-bond donors (Lipinski definition) is 1. The molecule has 0 unspecified atom stereocenters. The highest BCUT2D eigenvalue weighted by Gasteiger charge is 2.32. The number of carbonyl (C=O) groups excluding carboxylic acids is 1. The molecular formula is C14H20F3N5O. The van der Waals surface area contributed by atoms with Crippen LogP contribution in [0.2, 0.25) is 0 Å². The van der Waals surface area contributed by atoms with E-state index in [1.165, 1.54) is 0 Å². The molecule has 0 saturated carbocycles. The van der Waals surface area contributed by atoms with Gasteiger partial charge in [-0.2, -0.15) is 13.2 Å². The molecule has 23 heavy (non-hydrogen) atoms. The van der Waals surface area contributed by atoms with Crippen LogP contribution in [0.4, 0.5) is 19.1 Å². The third-order valence-electron chi connectivity index (χ3n) is 3.73. The summed E-state index contributed by atoms with van der Waals surface area (Å²) in [6.45, 7) is 2.63. The highest BCUT2D eigenvalue weighted by molar-refractivity contribution is 5.76. The van der Waals surface area contributed by atoms with Crippen LogP contribution in [0.15, 0.2) is 12.4 Å². The number of anilines is 1. The molecule has 0 aliphatic carbocycles. The predicted octanol–water partition coefficient (Wildman–Crippen LogP) is 1.27. The summed E-state index contributed by atoms with van der Waals surface area (Å²) in [6, 6.07) is 0. The van der Waals surface area contributed by atoms with Crippen molar-refractivity contribution in [2.45, 2.75) is 25.4 Å². The van der Waals surface area contributed by atoms with Crippen LogP contribution in [-0.2, 0) is 11.0 Å². The number of nitrogens with two attached hydrogens (primary N) is 1. The van der Waals surface area contributed by atoms with Crippen molar-refractivity contribution in [1.29, 1.82) is 0 Å². The van der Waals surface area contributed by atoms with E-state index in [1.807, 2.05) is 0 Å². The lowest BCUT2D eigenvalue weighted by Gasteiger charge is -2.34. The Kier molecular flexibility index (Phi) is 5.75. The Hall–Kier alpha value is -1.90. The Morgan fingerprint density at radius 1 is 1.13 bits per heavy atom. The molecule has 1 aliphatic heterocycles. The van der Waals surface area contributed by atoms with Crippen molar-refractivity contribution in [3.05, 3.63) is 18.0 Å². The van der Waals surface area contributed by atoms with Crippen LogP contribution >= 0.6 is 0 Å². The van der Waals surface area contributed by atoms with Crippen molar-refractivity contribution in [3.63, 3.8) is 0 Å². The van der Waals surface area contributed by atoms with Crippen molar-refractivity contribution in [1.82, 2.24) is 14.9 Å². The number of rotatable bonds is 5. The fourth-order valence-electron chi connectivity index (χ4n) is 2.37. The molecule has 1 fully saturated rings. The Bertz CT molecular complexity index is 512. The molecule has 1 amide bonds. The third-order valence-corrected chi connectivity index (χ3v) is 3.73. The van der Waals surface area contributed by atoms with Crippen molar-refractivity contribution in [3.8, 4) is 0 Å². The van der Waals surface area contributed by atoms with E-state index in [2.05, 4.69) is 9.97 Å². The molecule has 2 heterocycles. The fraction of sp³-hybridized carbons (Fsp3) is 0.643. The van der Waals surface area contributed by atoms with Gasteiger partial charge in [-0.1, -0.05) is 0 Å². The van der Waals surface area contributed by atoms with Gasteiger partial charge in [0.25, 0.3) is 0 Å². The van der Waals surface area contributed by atoms with Crippen LogP contribution in [0.1, 0.15) is 24.8 Å². The summed E-state index contributed by atoms with van der Waals surface area (Å²) >= 11 is 0. The number of alkyl halides is 3. The molecule has 0 bridgehead atoms. The number of carbonyl (C=O) groups is 1. The minimum absolute atomic E-state index is 0.0893. The summed E-state index contributed by atoms with van der Waals surface area (Å²) in [4.78, 5) is 23.1. The summed E-state index contributed by atoms with van der Waals surface area (Å²) in [5.41, 5.74) is 4.53. The van der Waals surface area contributed by atoms with E-state index in [4.69, 9.17) is 5.73 Å². The second kappa shape index (κ2) is 7.58. The lowest BCUT2D eigenvalue weighted by Crippen LogP contribution is -2.49. The Labute approximate surface area is 132 Å². The van der Waals surface area contributed by atoms with E-state index in [0.29, 0.717) is 39.1 Å². The van der Waals surface area contributed by atoms with Crippen LogP contribution in [0.25, 0.3) is 0 Å². The predicted molar refractivity (Wildman–Crippen MR) is 78.7 cm³/mol. The molecule has 0 spiro atoms. The molecule has 0 atom stereocenters. The third kappa shape index (κ3) is 4.78. The normalized spacial score (nSPS) is 15.8. The monoisotopic (exact) mass is 331 g/mol. The molecule has 1 saturated heterocycles. The second-order valence-corrected chi connectivity index (χ2v) is 5.38. The highest BCUT2D eigenvalue weighted by Crippen LogP contribution is 2.28. The van der Waals surface area contributed by atoms with E-state index in [1.54, 1.807) is 9.80 Å². The van der Waals surface area contributed by atoms with E-state index in [9.17, 15) is 18.0 Å². The van der Waals surface area contributed by atoms with Crippen molar-refractivity contribution >= 4 is 11.9 Å². The fourth-order valence-corrected chi connectivity index (χ4v) is 2.37. The number of aromatic nitrogens is 2. The standard InChI is InChI=1S/C14H20F3N5O/c15-14(16,17)11-9-19-13(20-10-11)22-7-5-21(6-8-22)12(23)3-1-2-4-18/h9-10H,1-8,18H2. The number of amides is 1. The smallest absolute Gasteiger partial charge is 0.339 e. The van der Waals surface area contributed by atoms with Gasteiger partial charge in [-0.3, -0.25) is 4.79 Å². The number of halogens is 3. The topological polar surface area (TPSA) is 75.4 Å². The van der Waals surface area contributed by atoms with Crippen molar-refractivity contribution in [2.75, 3.05) is 37.6 Å². The minimum Gasteiger partial charge on any atom is -0.339 e. The van der Waals surface area contributed by atoms with E-state index < -0.39 is 11.7 Å². The average molecular weight is 331 g/mol. The molecule has 1 aliphatic rings. The lowest BCUT2D eigenvalue weighted by atomic mass is 10.2. The van der Waals surface area contributed by atoms with E-state index in [0.717, 1.165) is 25.2 Å². The minimum atomic E-state index is -4.44. The Morgan fingerprint density at radius 3 is 2.26 bits per heavy atom. The molecule has 6 nitrogen and oxygen atoms in total. The molecule has 0 aromatic carbocycles. The Morgan fingerprint density at radius 2 is 1.74 bits per heavy atom. The summed E-state index contributed by atoms with van der Waals surface area (Å²) in [5.74, 6) is 0.347. The number of unbranched alkanes of at least 4 members (excludes halogenated alkanes) is 1. The zero-order valence-electron chi connectivity index (χ0n) is 12.7. The molecule has 9 heteroatoms. The van der Waals surface area contributed by atoms with Crippen LogP contribution in [0, 0.1) is 0 Å². The van der Waals surface area contributed by atoms with Gasteiger partial charge in [0.05, 0.1) is 5.56 Å². The maximum Gasteiger partial charge on any atom is 0.419 e. The van der Waals surface area contributed by atoms with E-state index >= 15 is 0 Å². The first-order chi connectivity index (χ1) is 10.9. The van der Waals surface area contributed by atoms with Crippen LogP contribution in [0.3, 0.4) is 0 Å². The zero-order valence-corrected chi connectivity index (χ0v) is 12.7. The maximum atomic E-state index is 12.5. The lowest BCUT2D eigenvalue weighted by molar-refractivity contribution is -0.138. The van der Waals surface area contributed by atoms with Gasteiger partial charge in [-0.15, -0.1) is 0 Å². The Balaban J connectivity index is 1.85. The van der Waals surface area contributed by atoms with Crippen molar-refractivity contribution < 1.29 is 18.0 Å². The summed E-state index contributed by atoms with van der Waals surface area (Å²) in [6.07, 6.45) is -0.789. The molecule has 1 aromatic rings. The van der Waals surface area contributed by atoms with E-state index in [-0.39, 0.29) is 11.9 Å². The highest BCUT2D eigenvalue weighted by atomic mass is 19.4. The molecule has 1 aromatic heterocycles. The van der Waals surface area contributed by atoms with Crippen LogP contribution in [0.5, 0.6) is 0 Å². The largest absolute Gasteiger partial charge is 0.419 e. The van der Waals surface area contributed by atoms with Gasteiger partial charge in [0.1, 0.15) is 0 Å². The summed E-state index contributed by atoms with van der Waals surface area (Å²) < 4.78 is 37.5. The maximum absolute atomic E-state index is 12.5. The molecule has 2 rings (SSSR count). The average Bonchev–Trinajstić information content (AvgIpc) is 2.54.